The van der Waals surface area contributed by atoms with Gasteiger partial charge in [-0.05, 0) is 19.9 Å². The van der Waals surface area contributed by atoms with Crippen LogP contribution in [0.15, 0.2) is 0 Å². The van der Waals surface area contributed by atoms with Gasteiger partial charge in [0.2, 0.25) is 11.8 Å². The Morgan fingerprint density at radius 1 is 0.950 bits per heavy atom. The molecule has 0 spiro atoms. The number of carbonyl (C=O) groups excluding carboxylic acids is 3. The fourth-order valence-electron chi connectivity index (χ4n) is 2.69. The number of piperidine rings is 1. The molecular weight excluding hydrogens is 258 g/mol. The average molecular weight is 281 g/mol. The predicted molar refractivity (Wildman–Crippen MR) is 74.1 cm³/mol. The molecule has 0 unspecified atom stereocenters. The van der Waals surface area contributed by atoms with Crippen molar-refractivity contribution in [2.45, 2.75) is 25.7 Å². The van der Waals surface area contributed by atoms with E-state index >= 15 is 0 Å². The van der Waals surface area contributed by atoms with E-state index in [1.54, 1.807) is 16.8 Å². The zero-order chi connectivity index (χ0) is 14.5. The normalized spacial score (nSPS) is 19.8. The first-order valence-electron chi connectivity index (χ1n) is 7.32. The van der Waals surface area contributed by atoms with Gasteiger partial charge in [0.1, 0.15) is 5.78 Å². The van der Waals surface area contributed by atoms with Crippen LogP contribution in [0.1, 0.15) is 25.7 Å². The summed E-state index contributed by atoms with van der Waals surface area (Å²) in [5.74, 6) is 0.340. The molecule has 0 aromatic rings. The molecule has 0 atom stereocenters. The average Bonchev–Trinajstić information content (AvgIpc) is 2.93. The summed E-state index contributed by atoms with van der Waals surface area (Å²) in [4.78, 5) is 40.5. The first-order chi connectivity index (χ1) is 9.56. The molecular formula is C14H23N3O3. The van der Waals surface area contributed by atoms with Crippen molar-refractivity contribution in [3.63, 3.8) is 0 Å². The monoisotopic (exact) mass is 281 g/mol. The van der Waals surface area contributed by atoms with Crippen LogP contribution in [0.25, 0.3) is 0 Å². The van der Waals surface area contributed by atoms with Gasteiger partial charge in [0.25, 0.3) is 0 Å². The lowest BCUT2D eigenvalue weighted by molar-refractivity contribution is -0.136. The summed E-state index contributed by atoms with van der Waals surface area (Å²) in [6.07, 6.45) is 3.08. The van der Waals surface area contributed by atoms with E-state index in [2.05, 4.69) is 0 Å². The standard InChI is InChI=1S/C14H23N3O3/c1-15(10-13(19)16-6-2-3-7-16)11-14(20)17-8-4-12(18)5-9-17/h2-11H2,1H3. The Bertz CT molecular complexity index is 381. The predicted octanol–water partition coefficient (Wildman–Crippen LogP) is -0.268. The fourth-order valence-corrected chi connectivity index (χ4v) is 2.69. The third kappa shape index (κ3) is 4.03. The molecule has 2 saturated heterocycles. The molecule has 112 valence electrons. The summed E-state index contributed by atoms with van der Waals surface area (Å²) in [6, 6.07) is 0. The number of ketones is 1. The van der Waals surface area contributed by atoms with Gasteiger partial charge in [-0.15, -0.1) is 0 Å². The van der Waals surface area contributed by atoms with E-state index in [1.165, 1.54) is 0 Å². The maximum Gasteiger partial charge on any atom is 0.236 e. The van der Waals surface area contributed by atoms with Gasteiger partial charge in [-0.3, -0.25) is 19.3 Å². The lowest BCUT2D eigenvalue weighted by Crippen LogP contribution is -2.45. The molecule has 20 heavy (non-hydrogen) atoms. The molecule has 0 aromatic carbocycles. The minimum absolute atomic E-state index is 0.00854. The van der Waals surface area contributed by atoms with Crippen LogP contribution >= 0.6 is 0 Å². The van der Waals surface area contributed by atoms with Crippen molar-refractivity contribution in [3.8, 4) is 0 Å². The molecule has 0 N–H and O–H groups in total. The molecule has 0 radical (unpaired) electrons. The Morgan fingerprint density at radius 2 is 1.40 bits per heavy atom. The number of likely N-dealkylation sites (tertiary alicyclic amines) is 2. The largest absolute Gasteiger partial charge is 0.342 e. The molecule has 2 aliphatic heterocycles. The molecule has 6 nitrogen and oxygen atoms in total. The second-order valence-electron chi connectivity index (χ2n) is 5.68. The minimum Gasteiger partial charge on any atom is -0.342 e. The van der Waals surface area contributed by atoms with Crippen LogP contribution in [0, 0.1) is 0 Å². The Hall–Kier alpha value is -1.43. The van der Waals surface area contributed by atoms with Crippen LogP contribution in [-0.2, 0) is 14.4 Å². The molecule has 2 aliphatic rings. The molecule has 0 bridgehead atoms. The van der Waals surface area contributed by atoms with E-state index in [1.807, 2.05) is 4.90 Å². The Kier molecular flexibility index (Phi) is 5.11. The van der Waals surface area contributed by atoms with E-state index in [4.69, 9.17) is 0 Å². The van der Waals surface area contributed by atoms with Gasteiger partial charge in [0.05, 0.1) is 13.1 Å². The third-order valence-corrected chi connectivity index (χ3v) is 3.94. The highest BCUT2D eigenvalue weighted by atomic mass is 16.2. The van der Waals surface area contributed by atoms with E-state index in [9.17, 15) is 14.4 Å². The third-order valence-electron chi connectivity index (χ3n) is 3.94. The Balaban J connectivity index is 1.73. The summed E-state index contributed by atoms with van der Waals surface area (Å²) < 4.78 is 0. The van der Waals surface area contributed by atoms with E-state index < -0.39 is 0 Å². The smallest absolute Gasteiger partial charge is 0.236 e. The van der Waals surface area contributed by atoms with Gasteiger partial charge in [0, 0.05) is 39.0 Å². The lowest BCUT2D eigenvalue weighted by atomic mass is 10.1. The van der Waals surface area contributed by atoms with Crippen LogP contribution in [0.2, 0.25) is 0 Å². The summed E-state index contributed by atoms with van der Waals surface area (Å²) >= 11 is 0. The van der Waals surface area contributed by atoms with Gasteiger partial charge in [0.15, 0.2) is 0 Å². The van der Waals surface area contributed by atoms with Crippen LogP contribution in [0.3, 0.4) is 0 Å². The Labute approximate surface area is 119 Å². The van der Waals surface area contributed by atoms with Crippen LogP contribution in [0.5, 0.6) is 0 Å². The quantitative estimate of drug-likeness (QED) is 0.712. The van der Waals surface area contributed by atoms with Gasteiger partial charge in [-0.1, -0.05) is 0 Å². The highest BCUT2D eigenvalue weighted by Crippen LogP contribution is 2.09. The number of nitrogens with zero attached hydrogens (tertiary/aromatic N) is 3. The summed E-state index contributed by atoms with van der Waals surface area (Å²) in [5, 5.41) is 0. The number of amides is 2. The SMILES string of the molecule is CN(CC(=O)N1CCCC1)CC(=O)N1CCC(=O)CC1. The van der Waals surface area contributed by atoms with Crippen LogP contribution < -0.4 is 0 Å². The van der Waals surface area contributed by atoms with Gasteiger partial charge in [-0.2, -0.15) is 0 Å². The summed E-state index contributed by atoms with van der Waals surface area (Å²) in [5.41, 5.74) is 0. The zero-order valence-corrected chi connectivity index (χ0v) is 12.1. The molecule has 0 saturated carbocycles. The second kappa shape index (κ2) is 6.83. The van der Waals surface area contributed by atoms with E-state index in [0.717, 1.165) is 25.9 Å². The molecule has 2 fully saturated rings. The van der Waals surface area contributed by atoms with Crippen LogP contribution in [-0.4, -0.2) is 78.6 Å². The summed E-state index contributed by atoms with van der Waals surface area (Å²) in [6.45, 7) is 3.26. The molecule has 0 aromatic heterocycles. The van der Waals surface area contributed by atoms with Crippen molar-refractivity contribution in [1.82, 2.24) is 14.7 Å². The highest BCUT2D eigenvalue weighted by molar-refractivity contribution is 5.84. The van der Waals surface area contributed by atoms with E-state index in [0.29, 0.717) is 32.5 Å². The van der Waals surface area contributed by atoms with Crippen molar-refractivity contribution in [2.75, 3.05) is 46.3 Å². The maximum atomic E-state index is 12.1. The molecule has 2 rings (SSSR count). The lowest BCUT2D eigenvalue weighted by Gasteiger charge is -2.28. The van der Waals surface area contributed by atoms with Gasteiger partial charge >= 0.3 is 0 Å². The summed E-state index contributed by atoms with van der Waals surface area (Å²) in [7, 11) is 1.79. The number of rotatable bonds is 4. The zero-order valence-electron chi connectivity index (χ0n) is 12.1. The number of hydrogen-bond acceptors (Lipinski definition) is 4. The van der Waals surface area contributed by atoms with Gasteiger partial charge < -0.3 is 9.80 Å². The van der Waals surface area contributed by atoms with Crippen LogP contribution in [0.4, 0.5) is 0 Å². The molecule has 6 heteroatoms. The van der Waals surface area contributed by atoms with Crippen molar-refractivity contribution >= 4 is 17.6 Å². The highest BCUT2D eigenvalue weighted by Gasteiger charge is 2.23. The van der Waals surface area contributed by atoms with E-state index in [-0.39, 0.29) is 24.1 Å². The van der Waals surface area contributed by atoms with Crippen molar-refractivity contribution in [3.05, 3.63) is 0 Å². The number of likely N-dealkylation sites (N-methyl/N-ethyl adjacent to an activating group) is 1. The number of Topliss-reactive ketones (excluding diaryl/α,β-unsaturated/α-hetero) is 1. The minimum atomic E-state index is 0.00854. The molecule has 0 aliphatic carbocycles. The first kappa shape index (κ1) is 15.0. The van der Waals surface area contributed by atoms with Crippen molar-refractivity contribution < 1.29 is 14.4 Å². The van der Waals surface area contributed by atoms with Crippen molar-refractivity contribution in [1.29, 1.82) is 0 Å². The molecule has 2 amide bonds. The molecule has 2 heterocycles. The topological polar surface area (TPSA) is 60.9 Å². The second-order valence-corrected chi connectivity index (χ2v) is 5.68. The fraction of sp³-hybridized carbons (Fsp3) is 0.786. The number of hydrogen-bond donors (Lipinski definition) is 0. The van der Waals surface area contributed by atoms with Crippen molar-refractivity contribution in [2.24, 2.45) is 0 Å². The Morgan fingerprint density at radius 3 is 1.90 bits per heavy atom. The maximum absolute atomic E-state index is 12.1. The number of carbonyl (C=O) groups is 3. The first-order valence-corrected chi connectivity index (χ1v) is 7.32. The van der Waals surface area contributed by atoms with Gasteiger partial charge in [-0.25, -0.2) is 0 Å².